The Hall–Kier alpha value is -2.67. The van der Waals surface area contributed by atoms with Crippen LogP contribution >= 0.6 is 0 Å². The minimum atomic E-state index is 0.555. The molecule has 0 amide bonds. The number of hydrogen-bond donors (Lipinski definition) is 3. The second-order valence-electron chi connectivity index (χ2n) is 6.71. The van der Waals surface area contributed by atoms with Crippen molar-refractivity contribution in [3.05, 3.63) is 36.3 Å². The van der Waals surface area contributed by atoms with Gasteiger partial charge in [0.05, 0.1) is 17.6 Å². The molecule has 7 nitrogen and oxygen atoms in total. The van der Waals surface area contributed by atoms with Crippen LogP contribution in [0.4, 0.5) is 5.82 Å². The molecular formula is C19H25N7. The smallest absolute Gasteiger partial charge is 0.130 e. The van der Waals surface area contributed by atoms with E-state index in [9.17, 15) is 0 Å². The number of hydrogen-bond acceptors (Lipinski definition) is 5. The van der Waals surface area contributed by atoms with Gasteiger partial charge in [0.1, 0.15) is 17.5 Å². The van der Waals surface area contributed by atoms with Crippen LogP contribution in [0.2, 0.25) is 0 Å². The van der Waals surface area contributed by atoms with Crippen molar-refractivity contribution in [2.75, 3.05) is 44.2 Å². The summed E-state index contributed by atoms with van der Waals surface area (Å²) in [6.07, 6.45) is 7.85. The molecule has 0 atom stereocenters. The number of pyridine rings is 1. The highest BCUT2D eigenvalue weighted by atomic mass is 15.2. The zero-order valence-electron chi connectivity index (χ0n) is 14.9. The van der Waals surface area contributed by atoms with E-state index in [0.717, 1.165) is 62.3 Å². The first-order chi connectivity index (χ1) is 12.8. The molecule has 4 rings (SSSR count). The zero-order chi connectivity index (χ0) is 17.8. The van der Waals surface area contributed by atoms with E-state index in [1.54, 1.807) is 0 Å². The van der Waals surface area contributed by atoms with Crippen molar-refractivity contribution in [3.8, 4) is 11.4 Å². The quantitative estimate of drug-likeness (QED) is 0.579. The monoisotopic (exact) mass is 351 g/mol. The van der Waals surface area contributed by atoms with E-state index in [4.69, 9.17) is 10.4 Å². The van der Waals surface area contributed by atoms with Gasteiger partial charge in [-0.2, -0.15) is 0 Å². The molecule has 3 N–H and O–H groups in total. The van der Waals surface area contributed by atoms with Crippen LogP contribution in [0.5, 0.6) is 0 Å². The summed E-state index contributed by atoms with van der Waals surface area (Å²) in [6, 6.07) is 6.10. The predicted octanol–water partition coefficient (Wildman–Crippen LogP) is 1.97. The maximum absolute atomic E-state index is 8.12. The first-order valence-corrected chi connectivity index (χ1v) is 9.29. The fourth-order valence-electron chi connectivity index (χ4n) is 3.42. The number of nitrogens with one attached hydrogen (secondary N) is 3. The molecule has 2 fully saturated rings. The number of rotatable bonds is 4. The number of H-pyrrole nitrogens is 1. The predicted molar refractivity (Wildman–Crippen MR) is 104 cm³/mol. The summed E-state index contributed by atoms with van der Waals surface area (Å²) in [6.45, 7) is 5.91. The molecular weight excluding hydrogens is 326 g/mol. The maximum atomic E-state index is 8.12. The Labute approximate surface area is 153 Å². The maximum Gasteiger partial charge on any atom is 0.130 e. The lowest BCUT2D eigenvalue weighted by Gasteiger charge is -2.28. The number of nitrogens with zero attached hydrogens (tertiary/aromatic N) is 4. The molecule has 0 unspecified atom stereocenters. The second kappa shape index (κ2) is 7.70. The summed E-state index contributed by atoms with van der Waals surface area (Å²) < 4.78 is 0. The van der Waals surface area contributed by atoms with Crippen molar-refractivity contribution in [2.24, 2.45) is 0 Å². The highest BCUT2D eigenvalue weighted by Crippen LogP contribution is 2.20. The van der Waals surface area contributed by atoms with Crippen LogP contribution in [-0.2, 0) is 0 Å². The Bertz CT molecular complexity index is 783. The van der Waals surface area contributed by atoms with E-state index >= 15 is 0 Å². The van der Waals surface area contributed by atoms with Gasteiger partial charge in [0.15, 0.2) is 0 Å². The fraction of sp³-hybridized carbons (Fsp3) is 0.421. The average Bonchev–Trinajstić information content (AvgIpc) is 3.39. The molecule has 0 radical (unpaired) electrons. The van der Waals surface area contributed by atoms with E-state index in [0.29, 0.717) is 5.84 Å². The van der Waals surface area contributed by atoms with Crippen molar-refractivity contribution < 1.29 is 0 Å². The van der Waals surface area contributed by atoms with Gasteiger partial charge in [-0.05, 0) is 37.1 Å². The lowest BCUT2D eigenvalue weighted by molar-refractivity contribution is 0.519. The fourth-order valence-corrected chi connectivity index (χ4v) is 3.42. The third kappa shape index (κ3) is 3.77. The van der Waals surface area contributed by atoms with Crippen molar-refractivity contribution in [2.45, 2.75) is 12.8 Å². The van der Waals surface area contributed by atoms with Crippen LogP contribution in [-0.4, -0.2) is 65.0 Å². The van der Waals surface area contributed by atoms with Gasteiger partial charge in [-0.3, -0.25) is 5.41 Å². The minimum Gasteiger partial charge on any atom is -0.357 e. The Balaban J connectivity index is 1.46. The van der Waals surface area contributed by atoms with E-state index in [1.165, 1.54) is 12.8 Å². The van der Waals surface area contributed by atoms with E-state index < -0.39 is 0 Å². The number of piperazine rings is 1. The van der Waals surface area contributed by atoms with Crippen LogP contribution in [0, 0.1) is 5.41 Å². The SMILES string of the molecule is N=C(/C=C\c1ncc(-c2cccc(N3CCNCC3)n2)[nH]1)N1CCCC1. The topological polar surface area (TPSA) is 83.9 Å². The van der Waals surface area contributed by atoms with E-state index in [-0.39, 0.29) is 0 Å². The Morgan fingerprint density at radius 1 is 1.12 bits per heavy atom. The molecule has 4 heterocycles. The second-order valence-corrected chi connectivity index (χ2v) is 6.71. The van der Waals surface area contributed by atoms with Crippen LogP contribution in [0.15, 0.2) is 30.5 Å². The summed E-state index contributed by atoms with van der Waals surface area (Å²) in [4.78, 5) is 16.9. The molecule has 0 aromatic carbocycles. The molecule has 2 aliphatic heterocycles. The first kappa shape index (κ1) is 16.8. The number of imidazole rings is 1. The third-order valence-electron chi connectivity index (χ3n) is 4.89. The molecule has 26 heavy (non-hydrogen) atoms. The van der Waals surface area contributed by atoms with Crippen LogP contribution in [0.1, 0.15) is 18.7 Å². The van der Waals surface area contributed by atoms with Gasteiger partial charge in [0.25, 0.3) is 0 Å². The molecule has 0 saturated carbocycles. The number of aromatic nitrogens is 3. The molecule has 2 aliphatic rings. The molecule has 0 spiro atoms. The Morgan fingerprint density at radius 2 is 1.92 bits per heavy atom. The number of anilines is 1. The van der Waals surface area contributed by atoms with Gasteiger partial charge < -0.3 is 20.1 Å². The highest BCUT2D eigenvalue weighted by Gasteiger charge is 2.14. The van der Waals surface area contributed by atoms with Gasteiger partial charge >= 0.3 is 0 Å². The summed E-state index contributed by atoms with van der Waals surface area (Å²) in [5.74, 6) is 2.31. The molecule has 2 aromatic rings. The van der Waals surface area contributed by atoms with Crippen molar-refractivity contribution in [3.63, 3.8) is 0 Å². The lowest BCUT2D eigenvalue weighted by Crippen LogP contribution is -2.43. The summed E-state index contributed by atoms with van der Waals surface area (Å²) in [7, 11) is 0. The Morgan fingerprint density at radius 3 is 2.73 bits per heavy atom. The van der Waals surface area contributed by atoms with E-state index in [2.05, 4.69) is 31.2 Å². The normalized spacial score (nSPS) is 18.0. The van der Waals surface area contributed by atoms with Gasteiger partial charge in [-0.15, -0.1) is 0 Å². The van der Waals surface area contributed by atoms with Gasteiger partial charge in [0, 0.05) is 39.3 Å². The minimum absolute atomic E-state index is 0.555. The molecule has 136 valence electrons. The molecule has 2 aromatic heterocycles. The summed E-state index contributed by atoms with van der Waals surface area (Å²) >= 11 is 0. The van der Waals surface area contributed by atoms with Crippen molar-refractivity contribution in [1.29, 1.82) is 5.41 Å². The molecule has 0 aliphatic carbocycles. The van der Waals surface area contributed by atoms with Crippen LogP contribution < -0.4 is 10.2 Å². The molecule has 2 saturated heterocycles. The summed E-state index contributed by atoms with van der Waals surface area (Å²) in [5, 5.41) is 11.5. The standard InChI is InChI=1S/C19H25N7/c20-17(25-10-1-2-11-25)6-7-18-22-14-16(23-18)15-4-3-5-19(24-15)26-12-8-21-9-13-26/h3-7,14,20-21H,1-2,8-13H2,(H,22,23)/b7-6-,20-17?. The highest BCUT2D eigenvalue weighted by molar-refractivity contribution is 5.93. The number of likely N-dealkylation sites (tertiary alicyclic amines) is 1. The van der Waals surface area contributed by atoms with Crippen LogP contribution in [0.3, 0.4) is 0 Å². The molecule has 7 heteroatoms. The number of aromatic amines is 1. The van der Waals surface area contributed by atoms with Crippen molar-refractivity contribution >= 4 is 17.7 Å². The van der Waals surface area contributed by atoms with Gasteiger partial charge in [-0.1, -0.05) is 6.07 Å². The zero-order valence-corrected chi connectivity index (χ0v) is 14.9. The van der Waals surface area contributed by atoms with Gasteiger partial charge in [0.2, 0.25) is 0 Å². The van der Waals surface area contributed by atoms with Gasteiger partial charge in [-0.25, -0.2) is 9.97 Å². The lowest BCUT2D eigenvalue weighted by atomic mass is 10.2. The average molecular weight is 351 g/mol. The number of amidine groups is 1. The van der Waals surface area contributed by atoms with E-state index in [1.807, 2.05) is 30.5 Å². The van der Waals surface area contributed by atoms with Crippen molar-refractivity contribution in [1.82, 2.24) is 25.2 Å². The van der Waals surface area contributed by atoms with Crippen LogP contribution in [0.25, 0.3) is 17.5 Å². The Kier molecular flexibility index (Phi) is 4.97. The molecule has 0 bridgehead atoms. The first-order valence-electron chi connectivity index (χ1n) is 9.29. The third-order valence-corrected chi connectivity index (χ3v) is 4.89. The largest absolute Gasteiger partial charge is 0.357 e. The summed E-state index contributed by atoms with van der Waals surface area (Å²) in [5.41, 5.74) is 1.79.